The Labute approximate surface area is 128 Å². The first-order valence-electron chi connectivity index (χ1n) is 8.38. The fraction of sp³-hybridized carbons (Fsp3) is 0.938. The molecule has 1 aliphatic carbocycles. The lowest BCUT2D eigenvalue weighted by Gasteiger charge is -2.35. The summed E-state index contributed by atoms with van der Waals surface area (Å²) in [7, 11) is 1.77. The molecule has 2 fully saturated rings. The zero-order valence-corrected chi connectivity index (χ0v) is 13.7. The molecular formula is C16H31N3O2. The third kappa shape index (κ3) is 5.15. The predicted molar refractivity (Wildman–Crippen MR) is 84.2 cm³/mol. The van der Waals surface area contributed by atoms with E-state index in [1.807, 2.05) is 0 Å². The van der Waals surface area contributed by atoms with Crippen molar-refractivity contribution in [3.63, 3.8) is 0 Å². The van der Waals surface area contributed by atoms with Crippen molar-refractivity contribution in [3.8, 4) is 0 Å². The zero-order valence-electron chi connectivity index (χ0n) is 13.7. The average molecular weight is 297 g/mol. The number of nitrogens with one attached hydrogen (secondary N) is 1. The number of aliphatic hydroxyl groups is 1. The number of hydrogen-bond donors (Lipinski definition) is 2. The van der Waals surface area contributed by atoms with Gasteiger partial charge in [0.15, 0.2) is 0 Å². The summed E-state index contributed by atoms with van der Waals surface area (Å²) >= 11 is 0. The molecule has 122 valence electrons. The number of likely N-dealkylation sites (tertiary alicyclic amines) is 1. The number of likely N-dealkylation sites (N-methyl/N-ethyl adjacent to an activating group) is 1. The smallest absolute Gasteiger partial charge is 0.317 e. The highest BCUT2D eigenvalue weighted by atomic mass is 16.3. The minimum atomic E-state index is -0.355. The Morgan fingerprint density at radius 1 is 1.38 bits per heavy atom. The molecule has 2 amide bonds. The molecule has 0 bridgehead atoms. The van der Waals surface area contributed by atoms with Gasteiger partial charge in [-0.2, -0.15) is 0 Å². The van der Waals surface area contributed by atoms with Gasteiger partial charge in [0.05, 0.1) is 6.10 Å². The molecule has 5 heteroatoms. The summed E-state index contributed by atoms with van der Waals surface area (Å²) < 4.78 is 0. The van der Waals surface area contributed by atoms with Gasteiger partial charge in [-0.3, -0.25) is 0 Å². The summed E-state index contributed by atoms with van der Waals surface area (Å²) in [6, 6.07) is 0.524. The predicted octanol–water partition coefficient (Wildman–Crippen LogP) is 1.52. The van der Waals surface area contributed by atoms with E-state index in [9.17, 15) is 9.90 Å². The number of hydrogen-bond acceptors (Lipinski definition) is 3. The van der Waals surface area contributed by atoms with E-state index in [1.54, 1.807) is 11.9 Å². The van der Waals surface area contributed by atoms with Crippen molar-refractivity contribution < 1.29 is 9.90 Å². The van der Waals surface area contributed by atoms with Gasteiger partial charge >= 0.3 is 6.03 Å². The molecule has 1 heterocycles. The van der Waals surface area contributed by atoms with Crippen LogP contribution in [0, 0.1) is 11.8 Å². The second-order valence-electron chi connectivity index (χ2n) is 7.07. The molecule has 2 aliphatic rings. The minimum absolute atomic E-state index is 0.0589. The highest BCUT2D eigenvalue weighted by Gasteiger charge is 2.31. The van der Waals surface area contributed by atoms with E-state index in [0.717, 1.165) is 25.9 Å². The molecule has 1 saturated carbocycles. The van der Waals surface area contributed by atoms with Crippen LogP contribution < -0.4 is 5.32 Å². The minimum Gasteiger partial charge on any atom is -0.391 e. The summed E-state index contributed by atoms with van der Waals surface area (Å²) in [5.41, 5.74) is 0. The molecule has 2 unspecified atom stereocenters. The maximum atomic E-state index is 12.1. The Hall–Kier alpha value is -0.810. The van der Waals surface area contributed by atoms with Crippen molar-refractivity contribution in [1.29, 1.82) is 0 Å². The Morgan fingerprint density at radius 2 is 2.10 bits per heavy atom. The van der Waals surface area contributed by atoms with E-state index in [0.29, 0.717) is 24.4 Å². The van der Waals surface area contributed by atoms with Crippen LogP contribution in [0.1, 0.15) is 39.5 Å². The van der Waals surface area contributed by atoms with Gasteiger partial charge in [0.25, 0.3) is 0 Å². The standard InChI is InChI=1S/C16H31N3O2/c1-12(2)19-8-4-5-13(10-19)9-17-16(21)18(3)11-15(20)14-6-7-14/h12-15,20H,4-11H2,1-3H3,(H,17,21). The highest BCUT2D eigenvalue weighted by Crippen LogP contribution is 2.32. The fourth-order valence-electron chi connectivity index (χ4n) is 3.09. The molecule has 0 aromatic rings. The van der Waals surface area contributed by atoms with Crippen molar-refractivity contribution in [1.82, 2.24) is 15.1 Å². The summed E-state index contributed by atoms with van der Waals surface area (Å²) in [6.45, 7) is 7.90. The number of aliphatic hydroxyl groups excluding tert-OH is 1. The molecule has 1 saturated heterocycles. The molecule has 2 N–H and O–H groups in total. The average Bonchev–Trinajstić information content (AvgIpc) is 3.29. The van der Waals surface area contributed by atoms with Gasteiger partial charge in [0.1, 0.15) is 0 Å². The molecule has 2 rings (SSSR count). The molecular weight excluding hydrogens is 266 g/mol. The van der Waals surface area contributed by atoms with Gasteiger partial charge in [0, 0.05) is 32.7 Å². The maximum Gasteiger partial charge on any atom is 0.317 e. The molecule has 1 aliphatic heterocycles. The van der Waals surface area contributed by atoms with E-state index in [-0.39, 0.29) is 12.1 Å². The number of carbonyl (C=O) groups is 1. The van der Waals surface area contributed by atoms with Crippen LogP contribution in [0.3, 0.4) is 0 Å². The lowest BCUT2D eigenvalue weighted by Crippen LogP contribution is -2.47. The molecule has 0 aromatic heterocycles. The van der Waals surface area contributed by atoms with E-state index < -0.39 is 0 Å². The largest absolute Gasteiger partial charge is 0.391 e. The quantitative estimate of drug-likeness (QED) is 0.781. The van der Waals surface area contributed by atoms with E-state index in [4.69, 9.17) is 0 Å². The monoisotopic (exact) mass is 297 g/mol. The lowest BCUT2D eigenvalue weighted by molar-refractivity contribution is 0.110. The topological polar surface area (TPSA) is 55.8 Å². The van der Waals surface area contributed by atoms with Crippen LogP contribution in [-0.4, -0.2) is 66.3 Å². The van der Waals surface area contributed by atoms with E-state index in [2.05, 4.69) is 24.1 Å². The SMILES string of the molecule is CC(C)N1CCCC(CNC(=O)N(C)CC(O)C2CC2)C1. The Balaban J connectivity index is 1.67. The number of nitrogens with zero attached hydrogens (tertiary/aromatic N) is 2. The second-order valence-corrected chi connectivity index (χ2v) is 7.07. The van der Waals surface area contributed by atoms with Crippen molar-refractivity contribution in [2.75, 3.05) is 33.2 Å². The molecule has 0 aromatic carbocycles. The second kappa shape index (κ2) is 7.45. The van der Waals surface area contributed by atoms with Gasteiger partial charge in [-0.15, -0.1) is 0 Å². The number of rotatable bonds is 6. The van der Waals surface area contributed by atoms with Crippen LogP contribution in [0.5, 0.6) is 0 Å². The Bertz CT molecular complexity index is 344. The van der Waals surface area contributed by atoms with Gasteiger partial charge in [-0.25, -0.2) is 4.79 Å². The van der Waals surface area contributed by atoms with Crippen LogP contribution in [0.4, 0.5) is 4.79 Å². The number of piperidine rings is 1. The first kappa shape index (κ1) is 16.6. The lowest BCUT2D eigenvalue weighted by atomic mass is 9.97. The number of urea groups is 1. The van der Waals surface area contributed by atoms with Gasteiger partial charge in [0.2, 0.25) is 0 Å². The van der Waals surface area contributed by atoms with Crippen LogP contribution in [-0.2, 0) is 0 Å². The van der Waals surface area contributed by atoms with Crippen molar-refractivity contribution in [2.45, 2.75) is 51.7 Å². The molecule has 0 spiro atoms. The van der Waals surface area contributed by atoms with E-state index >= 15 is 0 Å². The molecule has 21 heavy (non-hydrogen) atoms. The van der Waals surface area contributed by atoms with Crippen LogP contribution in [0.2, 0.25) is 0 Å². The van der Waals surface area contributed by atoms with Crippen molar-refractivity contribution in [2.24, 2.45) is 11.8 Å². The van der Waals surface area contributed by atoms with Crippen LogP contribution in [0.25, 0.3) is 0 Å². The highest BCUT2D eigenvalue weighted by molar-refractivity contribution is 5.73. The summed E-state index contributed by atoms with van der Waals surface area (Å²) in [4.78, 5) is 16.2. The number of amides is 2. The third-order valence-electron chi connectivity index (χ3n) is 4.80. The Kier molecular flexibility index (Phi) is 5.88. The summed E-state index contributed by atoms with van der Waals surface area (Å²) in [6.07, 6.45) is 4.26. The van der Waals surface area contributed by atoms with Gasteiger partial charge in [-0.1, -0.05) is 0 Å². The number of carbonyl (C=O) groups excluding carboxylic acids is 1. The summed E-state index contributed by atoms with van der Waals surface area (Å²) in [5, 5.41) is 12.9. The van der Waals surface area contributed by atoms with Gasteiger partial charge < -0.3 is 20.2 Å². The summed E-state index contributed by atoms with van der Waals surface area (Å²) in [5.74, 6) is 0.963. The van der Waals surface area contributed by atoms with E-state index in [1.165, 1.54) is 19.4 Å². The molecule has 5 nitrogen and oxygen atoms in total. The zero-order chi connectivity index (χ0) is 15.4. The maximum absolute atomic E-state index is 12.1. The molecule has 0 radical (unpaired) electrons. The van der Waals surface area contributed by atoms with Crippen molar-refractivity contribution >= 4 is 6.03 Å². The Morgan fingerprint density at radius 3 is 2.71 bits per heavy atom. The first-order valence-corrected chi connectivity index (χ1v) is 8.38. The first-order chi connectivity index (χ1) is 9.97. The fourth-order valence-corrected chi connectivity index (χ4v) is 3.09. The van der Waals surface area contributed by atoms with Crippen molar-refractivity contribution in [3.05, 3.63) is 0 Å². The van der Waals surface area contributed by atoms with Crippen LogP contribution in [0.15, 0.2) is 0 Å². The third-order valence-corrected chi connectivity index (χ3v) is 4.80. The van der Waals surface area contributed by atoms with Crippen LogP contribution >= 0.6 is 0 Å². The van der Waals surface area contributed by atoms with Gasteiger partial charge in [-0.05, 0) is 57.9 Å². The molecule has 2 atom stereocenters. The normalized spacial score (nSPS) is 24.9.